The largest absolute Gasteiger partial charge is 0.427 e. The Kier molecular flexibility index (Phi) is 6.65. The molecule has 2 atom stereocenters. The van der Waals surface area contributed by atoms with Gasteiger partial charge >= 0.3 is 12.3 Å². The Morgan fingerprint density at radius 1 is 1.20 bits per heavy atom. The fraction of sp³-hybridized carbons (Fsp3) is 0.375. The van der Waals surface area contributed by atoms with Crippen LogP contribution in [0.4, 0.5) is 22.4 Å². The summed E-state index contributed by atoms with van der Waals surface area (Å²) in [6.07, 6.45) is -4.43. The first kappa shape index (κ1) is 25.2. The van der Waals surface area contributed by atoms with E-state index in [1.807, 2.05) is 6.07 Å². The molecule has 11 heteroatoms. The van der Waals surface area contributed by atoms with Crippen molar-refractivity contribution in [2.45, 2.75) is 50.6 Å². The van der Waals surface area contributed by atoms with E-state index in [2.05, 4.69) is 15.9 Å². The number of halogens is 5. The molecular formula is C24H21BrF4N2O4. The van der Waals surface area contributed by atoms with Crippen molar-refractivity contribution in [1.29, 1.82) is 0 Å². The van der Waals surface area contributed by atoms with Crippen LogP contribution in [0.2, 0.25) is 0 Å². The molecule has 0 radical (unpaired) electrons. The molecule has 1 unspecified atom stereocenters. The van der Waals surface area contributed by atoms with E-state index in [-0.39, 0.29) is 12.0 Å². The van der Waals surface area contributed by atoms with Crippen LogP contribution in [-0.2, 0) is 32.9 Å². The van der Waals surface area contributed by atoms with E-state index in [4.69, 9.17) is 4.74 Å². The molecular weight excluding hydrogens is 536 g/mol. The molecule has 2 aromatic rings. The summed E-state index contributed by atoms with van der Waals surface area (Å²) < 4.78 is 60.2. The molecule has 1 aliphatic heterocycles. The van der Waals surface area contributed by atoms with E-state index >= 15 is 0 Å². The first-order chi connectivity index (χ1) is 16.4. The quantitative estimate of drug-likeness (QED) is 0.482. The van der Waals surface area contributed by atoms with Crippen molar-refractivity contribution in [3.8, 4) is 0 Å². The molecule has 4 rings (SSSR count). The van der Waals surface area contributed by atoms with Crippen molar-refractivity contribution in [3.63, 3.8) is 0 Å². The minimum absolute atomic E-state index is 0.204. The van der Waals surface area contributed by atoms with Crippen molar-refractivity contribution in [3.05, 3.63) is 69.4 Å². The number of hydrogen-bond acceptors (Lipinski definition) is 4. The Morgan fingerprint density at radius 2 is 1.89 bits per heavy atom. The molecule has 1 saturated heterocycles. The number of benzene rings is 2. The second-order valence-corrected chi connectivity index (χ2v) is 9.52. The minimum Gasteiger partial charge on any atom is -0.427 e. The normalized spacial score (nSPS) is 20.6. The van der Waals surface area contributed by atoms with Crippen LogP contribution in [0.25, 0.3) is 0 Å². The van der Waals surface area contributed by atoms with Gasteiger partial charge in [0.2, 0.25) is 11.5 Å². The molecule has 0 saturated carbocycles. The van der Waals surface area contributed by atoms with Gasteiger partial charge in [-0.25, -0.2) is 14.1 Å². The van der Waals surface area contributed by atoms with E-state index < -0.39 is 54.6 Å². The van der Waals surface area contributed by atoms with Crippen molar-refractivity contribution < 1.29 is 36.7 Å². The lowest BCUT2D eigenvalue weighted by Gasteiger charge is -2.33. The monoisotopic (exact) mass is 556 g/mol. The van der Waals surface area contributed by atoms with Crippen LogP contribution < -0.4 is 0 Å². The van der Waals surface area contributed by atoms with Crippen molar-refractivity contribution >= 4 is 33.8 Å². The maximum absolute atomic E-state index is 13.5. The molecule has 1 spiro atoms. The highest BCUT2D eigenvalue weighted by atomic mass is 79.9. The van der Waals surface area contributed by atoms with Crippen LogP contribution in [0, 0.1) is 5.82 Å². The zero-order valence-corrected chi connectivity index (χ0v) is 20.2. The summed E-state index contributed by atoms with van der Waals surface area (Å²) in [5.74, 6) is -2.44. The number of rotatable bonds is 5. The zero-order chi connectivity index (χ0) is 25.5. The summed E-state index contributed by atoms with van der Waals surface area (Å²) in [5, 5.41) is 0. The molecule has 1 aliphatic carbocycles. The molecule has 0 aromatic heterocycles. The number of carbonyl (C=O) groups is 3. The Labute approximate surface area is 207 Å². The van der Waals surface area contributed by atoms with Crippen LogP contribution in [0.1, 0.15) is 36.5 Å². The Morgan fingerprint density at radius 3 is 2.54 bits per heavy atom. The smallest absolute Gasteiger partial charge is 0.418 e. The third kappa shape index (κ3) is 4.78. The summed E-state index contributed by atoms with van der Waals surface area (Å²) in [6.45, 7) is -0.589. The van der Waals surface area contributed by atoms with Crippen LogP contribution in [-0.4, -0.2) is 46.5 Å². The van der Waals surface area contributed by atoms with Gasteiger partial charge in [-0.3, -0.25) is 9.59 Å². The number of carbonyl (C=O) groups excluding carboxylic acids is 3. The van der Waals surface area contributed by atoms with Gasteiger partial charge in [0.25, 0.3) is 5.91 Å². The fourth-order valence-electron chi connectivity index (χ4n) is 4.47. The number of nitrogens with zero attached hydrogens (tertiary/aromatic N) is 2. The summed E-state index contributed by atoms with van der Waals surface area (Å²) in [7, 11) is 0. The Hall–Kier alpha value is -2.95. The second-order valence-electron chi connectivity index (χ2n) is 8.61. The van der Waals surface area contributed by atoms with Gasteiger partial charge in [0.05, 0.1) is 0 Å². The van der Waals surface area contributed by atoms with Crippen LogP contribution >= 0.6 is 15.9 Å². The summed E-state index contributed by atoms with van der Waals surface area (Å²) in [6, 6.07) is 7.65. The predicted molar refractivity (Wildman–Crippen MR) is 119 cm³/mol. The number of fused-ring (bicyclic) bond motifs is 2. The first-order valence-electron chi connectivity index (χ1n) is 10.9. The summed E-state index contributed by atoms with van der Waals surface area (Å²) in [5.41, 5.74) is -0.0339. The molecule has 3 amide bonds. The van der Waals surface area contributed by atoms with E-state index in [0.29, 0.717) is 28.2 Å². The molecule has 0 N–H and O–H groups in total. The molecule has 0 bridgehead atoms. The fourth-order valence-corrected chi connectivity index (χ4v) is 4.88. The zero-order valence-electron chi connectivity index (χ0n) is 18.6. The third-order valence-electron chi connectivity index (χ3n) is 6.37. The van der Waals surface area contributed by atoms with Crippen molar-refractivity contribution in [2.24, 2.45) is 0 Å². The van der Waals surface area contributed by atoms with Crippen molar-refractivity contribution in [1.82, 2.24) is 9.80 Å². The molecule has 35 heavy (non-hydrogen) atoms. The SMILES string of the molecule is C[C@@H](N(Cc1ccc(F)cc1)C(=O)CN1C(=O)OC2(CCCc3cc(Br)ccc32)C1=O)C(F)(F)F. The number of hydrogen-bond donors (Lipinski definition) is 0. The van der Waals surface area contributed by atoms with E-state index in [1.165, 1.54) is 12.1 Å². The van der Waals surface area contributed by atoms with Gasteiger partial charge in [0, 0.05) is 23.0 Å². The highest BCUT2D eigenvalue weighted by molar-refractivity contribution is 9.10. The maximum atomic E-state index is 13.5. The number of amides is 3. The van der Waals surface area contributed by atoms with E-state index in [9.17, 15) is 31.9 Å². The second kappa shape index (κ2) is 9.25. The van der Waals surface area contributed by atoms with Gasteiger partial charge in [-0.2, -0.15) is 13.2 Å². The summed E-state index contributed by atoms with van der Waals surface area (Å²) in [4.78, 5) is 40.2. The third-order valence-corrected chi connectivity index (χ3v) is 6.86. The molecule has 6 nitrogen and oxygen atoms in total. The molecule has 1 heterocycles. The number of ether oxygens (including phenoxy) is 1. The molecule has 2 aromatic carbocycles. The molecule has 2 aliphatic rings. The highest BCUT2D eigenvalue weighted by Crippen LogP contribution is 2.44. The average molecular weight is 557 g/mol. The topological polar surface area (TPSA) is 66.9 Å². The van der Waals surface area contributed by atoms with Gasteiger partial charge in [-0.15, -0.1) is 0 Å². The van der Waals surface area contributed by atoms with Gasteiger partial charge in [-0.1, -0.05) is 34.1 Å². The summed E-state index contributed by atoms with van der Waals surface area (Å²) >= 11 is 3.37. The van der Waals surface area contributed by atoms with Gasteiger partial charge in [-0.05, 0) is 55.2 Å². The molecule has 186 valence electrons. The lowest BCUT2D eigenvalue weighted by atomic mass is 9.78. The Balaban J connectivity index is 1.60. The van der Waals surface area contributed by atoms with Crippen LogP contribution in [0.3, 0.4) is 0 Å². The average Bonchev–Trinajstić information content (AvgIpc) is 3.02. The predicted octanol–water partition coefficient (Wildman–Crippen LogP) is 5.08. The highest BCUT2D eigenvalue weighted by Gasteiger charge is 2.57. The van der Waals surface area contributed by atoms with Crippen molar-refractivity contribution in [2.75, 3.05) is 6.54 Å². The first-order valence-corrected chi connectivity index (χ1v) is 11.7. The van der Waals surface area contributed by atoms with Crippen LogP contribution in [0.15, 0.2) is 46.9 Å². The number of aryl methyl sites for hydroxylation is 1. The van der Waals surface area contributed by atoms with Gasteiger partial charge < -0.3 is 9.64 Å². The standard InChI is InChI=1S/C24H21BrF4N2O4/c1-14(24(27,28)29)30(12-15-4-7-18(26)8-5-15)20(32)13-31-21(33)23(35-22(31)34)10-2-3-16-11-17(25)6-9-19(16)23/h4-9,11,14H,2-3,10,12-13H2,1H3/t14-,23?/m1/s1. The molecule has 1 fully saturated rings. The van der Waals surface area contributed by atoms with E-state index in [0.717, 1.165) is 29.1 Å². The van der Waals surface area contributed by atoms with Gasteiger partial charge in [0.15, 0.2) is 0 Å². The van der Waals surface area contributed by atoms with E-state index in [1.54, 1.807) is 12.1 Å². The van der Waals surface area contributed by atoms with Gasteiger partial charge in [0.1, 0.15) is 18.4 Å². The van der Waals surface area contributed by atoms with Crippen LogP contribution in [0.5, 0.6) is 0 Å². The number of imide groups is 1. The lowest BCUT2D eigenvalue weighted by Crippen LogP contribution is -2.51. The number of alkyl halides is 3. The maximum Gasteiger partial charge on any atom is 0.418 e. The Bertz CT molecular complexity index is 1170. The minimum atomic E-state index is -4.76. The lowest BCUT2D eigenvalue weighted by molar-refractivity contribution is -0.187.